The van der Waals surface area contributed by atoms with Gasteiger partial charge in [-0.2, -0.15) is 0 Å². The molecule has 7 heteroatoms. The number of nitrogens with zero attached hydrogens (tertiary/aromatic N) is 2. The number of rotatable bonds is 4. The maximum absolute atomic E-state index is 13.3. The van der Waals surface area contributed by atoms with Crippen molar-refractivity contribution in [2.45, 2.75) is 17.9 Å². The van der Waals surface area contributed by atoms with Crippen LogP contribution in [-0.4, -0.2) is 30.5 Å². The van der Waals surface area contributed by atoms with E-state index in [1.165, 1.54) is 3.97 Å². The van der Waals surface area contributed by atoms with Crippen molar-refractivity contribution in [1.82, 2.24) is 14.3 Å². The molecular weight excluding hydrogens is 348 g/mol. The molecule has 0 aliphatic carbocycles. The lowest BCUT2D eigenvalue weighted by Gasteiger charge is -2.12. The van der Waals surface area contributed by atoms with E-state index in [2.05, 4.69) is 16.4 Å². The maximum Gasteiger partial charge on any atom is 0.268 e. The fourth-order valence-corrected chi connectivity index (χ4v) is 4.71. The highest BCUT2D eigenvalue weighted by molar-refractivity contribution is 7.90. The smallest absolute Gasteiger partial charge is 0.268 e. The van der Waals surface area contributed by atoms with Gasteiger partial charge in [0.1, 0.15) is 0 Å². The van der Waals surface area contributed by atoms with Crippen LogP contribution in [0.1, 0.15) is 17.5 Å². The Labute approximate surface area is 152 Å². The largest absolute Gasteiger partial charge is 0.326 e. The Bertz CT molecular complexity index is 1100. The minimum Gasteiger partial charge on any atom is -0.326 e. The molecule has 1 aliphatic rings. The summed E-state index contributed by atoms with van der Waals surface area (Å²) in [5, 5.41) is 3.27. The van der Waals surface area contributed by atoms with Crippen LogP contribution in [-0.2, 0) is 16.6 Å². The first kappa shape index (κ1) is 17.0. The molecule has 0 atom stereocenters. The molecule has 0 saturated heterocycles. The van der Waals surface area contributed by atoms with Crippen LogP contribution in [0.5, 0.6) is 0 Å². The molecule has 4 rings (SSSR count). The van der Waals surface area contributed by atoms with E-state index in [0.29, 0.717) is 17.6 Å². The SMILES string of the molecule is NCc1cccc(S(=O)(=O)n2cc(C3=CCNCC3)c3ncccc32)c1. The predicted molar refractivity (Wildman–Crippen MR) is 102 cm³/mol. The van der Waals surface area contributed by atoms with Gasteiger partial charge in [-0.3, -0.25) is 4.98 Å². The lowest BCUT2D eigenvalue weighted by Crippen LogP contribution is -2.20. The topological polar surface area (TPSA) is 90.0 Å². The molecule has 2 aromatic heterocycles. The molecule has 0 saturated carbocycles. The van der Waals surface area contributed by atoms with Gasteiger partial charge in [0, 0.05) is 31.0 Å². The molecule has 6 nitrogen and oxygen atoms in total. The van der Waals surface area contributed by atoms with Gasteiger partial charge in [-0.15, -0.1) is 0 Å². The molecule has 3 aromatic rings. The molecule has 134 valence electrons. The van der Waals surface area contributed by atoms with E-state index in [9.17, 15) is 8.42 Å². The quantitative estimate of drug-likeness (QED) is 0.736. The number of hydrogen-bond donors (Lipinski definition) is 2. The highest BCUT2D eigenvalue weighted by atomic mass is 32.2. The van der Waals surface area contributed by atoms with Crippen molar-refractivity contribution in [2.24, 2.45) is 5.73 Å². The Balaban J connectivity index is 1.92. The van der Waals surface area contributed by atoms with Crippen molar-refractivity contribution >= 4 is 26.6 Å². The van der Waals surface area contributed by atoms with Crippen molar-refractivity contribution in [3.63, 3.8) is 0 Å². The Morgan fingerprint density at radius 2 is 2.12 bits per heavy atom. The van der Waals surface area contributed by atoms with Gasteiger partial charge in [-0.05, 0) is 48.4 Å². The molecule has 1 aromatic carbocycles. The van der Waals surface area contributed by atoms with E-state index >= 15 is 0 Å². The van der Waals surface area contributed by atoms with Crippen molar-refractivity contribution in [3.05, 3.63) is 66.0 Å². The van der Waals surface area contributed by atoms with Crippen LogP contribution >= 0.6 is 0 Å². The molecule has 1 aliphatic heterocycles. The van der Waals surface area contributed by atoms with Crippen molar-refractivity contribution in [2.75, 3.05) is 13.1 Å². The number of nitrogens with one attached hydrogen (secondary N) is 1. The van der Waals surface area contributed by atoms with Gasteiger partial charge in [0.05, 0.1) is 15.9 Å². The molecule has 0 amide bonds. The zero-order chi connectivity index (χ0) is 18.1. The van der Waals surface area contributed by atoms with E-state index in [-0.39, 0.29) is 4.90 Å². The predicted octanol–water partition coefficient (Wildman–Crippen LogP) is 2.11. The molecule has 26 heavy (non-hydrogen) atoms. The Morgan fingerprint density at radius 1 is 1.23 bits per heavy atom. The highest BCUT2D eigenvalue weighted by Crippen LogP contribution is 2.31. The van der Waals surface area contributed by atoms with E-state index < -0.39 is 10.0 Å². The van der Waals surface area contributed by atoms with Gasteiger partial charge in [0.2, 0.25) is 0 Å². The molecule has 3 heterocycles. The van der Waals surface area contributed by atoms with Crippen LogP contribution in [0.15, 0.2) is 59.8 Å². The zero-order valence-electron chi connectivity index (χ0n) is 14.2. The minimum atomic E-state index is -3.74. The maximum atomic E-state index is 13.3. The molecular formula is C19H20N4O2S. The third-order valence-electron chi connectivity index (χ3n) is 4.63. The average Bonchev–Trinajstić information content (AvgIpc) is 3.09. The van der Waals surface area contributed by atoms with E-state index in [0.717, 1.165) is 36.2 Å². The summed E-state index contributed by atoms with van der Waals surface area (Å²) in [7, 11) is -3.74. The van der Waals surface area contributed by atoms with Crippen LogP contribution in [0.4, 0.5) is 0 Å². The normalized spacial score (nSPS) is 15.2. The van der Waals surface area contributed by atoms with Crippen molar-refractivity contribution in [1.29, 1.82) is 0 Å². The summed E-state index contributed by atoms with van der Waals surface area (Å²) in [5.74, 6) is 0. The van der Waals surface area contributed by atoms with Crippen LogP contribution < -0.4 is 11.1 Å². The van der Waals surface area contributed by atoms with Crippen LogP contribution in [0.3, 0.4) is 0 Å². The van der Waals surface area contributed by atoms with Crippen molar-refractivity contribution < 1.29 is 8.42 Å². The van der Waals surface area contributed by atoms with Crippen LogP contribution in [0, 0.1) is 0 Å². The van der Waals surface area contributed by atoms with Gasteiger partial charge < -0.3 is 11.1 Å². The third-order valence-corrected chi connectivity index (χ3v) is 6.30. The van der Waals surface area contributed by atoms with E-state index in [1.54, 1.807) is 42.7 Å². The van der Waals surface area contributed by atoms with Gasteiger partial charge in [0.15, 0.2) is 0 Å². The second kappa shape index (κ2) is 6.68. The molecule has 0 bridgehead atoms. The first-order chi connectivity index (χ1) is 12.6. The Hall–Kier alpha value is -2.48. The van der Waals surface area contributed by atoms with E-state index in [1.807, 2.05) is 6.07 Å². The lowest BCUT2D eigenvalue weighted by molar-refractivity contribution is 0.589. The third kappa shape index (κ3) is 2.84. The molecule has 0 radical (unpaired) electrons. The lowest BCUT2D eigenvalue weighted by atomic mass is 10.0. The van der Waals surface area contributed by atoms with Gasteiger partial charge >= 0.3 is 0 Å². The van der Waals surface area contributed by atoms with E-state index in [4.69, 9.17) is 5.73 Å². The number of nitrogens with two attached hydrogens (primary N) is 1. The Morgan fingerprint density at radius 3 is 2.88 bits per heavy atom. The summed E-state index contributed by atoms with van der Waals surface area (Å²) < 4.78 is 27.9. The number of benzene rings is 1. The summed E-state index contributed by atoms with van der Waals surface area (Å²) in [4.78, 5) is 4.68. The zero-order valence-corrected chi connectivity index (χ0v) is 15.0. The summed E-state index contributed by atoms with van der Waals surface area (Å²) >= 11 is 0. The highest BCUT2D eigenvalue weighted by Gasteiger charge is 2.23. The van der Waals surface area contributed by atoms with Gasteiger partial charge in [-0.1, -0.05) is 18.2 Å². The second-order valence-electron chi connectivity index (χ2n) is 6.25. The summed E-state index contributed by atoms with van der Waals surface area (Å²) in [5.41, 5.74) is 9.74. The molecule has 0 spiro atoms. The molecule has 0 unspecified atom stereocenters. The fourth-order valence-electron chi connectivity index (χ4n) is 3.28. The fraction of sp³-hybridized carbons (Fsp3) is 0.211. The van der Waals surface area contributed by atoms with Gasteiger partial charge in [-0.25, -0.2) is 12.4 Å². The van der Waals surface area contributed by atoms with Gasteiger partial charge in [0.25, 0.3) is 10.0 Å². The molecule has 0 fully saturated rings. The minimum absolute atomic E-state index is 0.229. The Kier molecular flexibility index (Phi) is 4.36. The standard InChI is InChI=1S/C19H20N4O2S/c20-12-14-3-1-4-16(11-14)26(24,25)23-13-17(15-6-9-21-10-7-15)19-18(23)5-2-8-22-19/h1-6,8,11,13,21H,7,9-10,12,20H2. The van der Waals surface area contributed by atoms with Crippen LogP contribution in [0.25, 0.3) is 16.6 Å². The molecule has 3 N–H and O–H groups in total. The summed E-state index contributed by atoms with van der Waals surface area (Å²) in [6.45, 7) is 1.94. The second-order valence-corrected chi connectivity index (χ2v) is 8.06. The number of hydrogen-bond acceptors (Lipinski definition) is 5. The number of fused-ring (bicyclic) bond motifs is 1. The average molecular weight is 368 g/mol. The number of pyridine rings is 1. The summed E-state index contributed by atoms with van der Waals surface area (Å²) in [6.07, 6.45) is 6.33. The summed E-state index contributed by atoms with van der Waals surface area (Å²) in [6, 6.07) is 10.3. The monoisotopic (exact) mass is 368 g/mol. The first-order valence-electron chi connectivity index (χ1n) is 8.52. The van der Waals surface area contributed by atoms with Crippen molar-refractivity contribution in [3.8, 4) is 0 Å². The number of aromatic nitrogens is 2. The van der Waals surface area contributed by atoms with Crippen LogP contribution in [0.2, 0.25) is 0 Å². The first-order valence-corrected chi connectivity index (χ1v) is 9.96.